The molecule has 33 heavy (non-hydrogen) atoms. The zero-order valence-electron chi connectivity index (χ0n) is 19.0. The van der Waals surface area contributed by atoms with Crippen molar-refractivity contribution in [3.63, 3.8) is 0 Å². The molecule has 0 fully saturated rings. The highest BCUT2D eigenvalue weighted by atomic mass is 32.2. The number of carbonyl (C=O) groups excluding carboxylic acids is 2. The molecule has 1 aliphatic rings. The molecule has 2 amide bonds. The molecule has 0 aliphatic carbocycles. The summed E-state index contributed by atoms with van der Waals surface area (Å²) in [6.45, 7) is 3.10. The average molecular weight is 476 g/mol. The van der Waals surface area contributed by atoms with E-state index >= 15 is 0 Å². The molecular weight excluding hydrogens is 446 g/mol. The molecule has 2 aromatic carbocycles. The van der Waals surface area contributed by atoms with E-state index in [2.05, 4.69) is 5.32 Å². The number of nitrogens with zero attached hydrogens (tertiary/aromatic N) is 2. The average Bonchev–Trinajstić information content (AvgIpc) is 3.30. The Balaban J connectivity index is 1.96. The van der Waals surface area contributed by atoms with E-state index in [1.54, 1.807) is 18.2 Å². The Hall–Kier alpha value is -3.27. The summed E-state index contributed by atoms with van der Waals surface area (Å²) in [6.07, 6.45) is 0.378. The van der Waals surface area contributed by atoms with Crippen molar-refractivity contribution in [3.05, 3.63) is 54.1 Å². The molecule has 9 nitrogen and oxygen atoms in total. The fourth-order valence-corrected chi connectivity index (χ4v) is 4.68. The molecule has 10 heteroatoms. The Kier molecular flexibility index (Phi) is 7.80. The van der Waals surface area contributed by atoms with E-state index in [1.807, 2.05) is 37.3 Å². The Labute approximate surface area is 194 Å². The standard InChI is InChI=1S/C23H29N3O6S/c1-4-19(23(28)24-3)25(14-17-9-7-6-8-10-17)22(27)15-26(33(29,30)5-2)18-11-12-20-21(13-18)32-16-31-20/h6-13,19H,4-5,14-16H2,1-3H3,(H,24,28). The fraction of sp³-hybridized carbons (Fsp3) is 0.391. The molecule has 0 saturated heterocycles. The maximum absolute atomic E-state index is 13.5. The van der Waals surface area contributed by atoms with Gasteiger partial charge in [0.15, 0.2) is 11.5 Å². The van der Waals surface area contributed by atoms with Crippen molar-refractivity contribution in [2.75, 3.05) is 30.4 Å². The van der Waals surface area contributed by atoms with Gasteiger partial charge in [-0.05, 0) is 31.0 Å². The number of likely N-dealkylation sites (N-methyl/N-ethyl adjacent to an activating group) is 1. The molecular formula is C23H29N3O6S. The van der Waals surface area contributed by atoms with Gasteiger partial charge in [-0.3, -0.25) is 13.9 Å². The van der Waals surface area contributed by atoms with Gasteiger partial charge in [0, 0.05) is 19.7 Å². The minimum Gasteiger partial charge on any atom is -0.454 e. The van der Waals surface area contributed by atoms with E-state index in [-0.39, 0.29) is 25.0 Å². The van der Waals surface area contributed by atoms with Crippen LogP contribution in [0, 0.1) is 0 Å². The quantitative estimate of drug-likeness (QED) is 0.564. The SMILES string of the molecule is CCC(C(=O)NC)N(Cc1ccccc1)C(=O)CN(c1ccc2c(c1)OCO2)S(=O)(=O)CC. The summed E-state index contributed by atoms with van der Waals surface area (Å²) in [7, 11) is -2.29. The highest BCUT2D eigenvalue weighted by molar-refractivity contribution is 7.92. The van der Waals surface area contributed by atoms with Crippen LogP contribution < -0.4 is 19.1 Å². The molecule has 0 radical (unpaired) electrons. The van der Waals surface area contributed by atoms with Gasteiger partial charge in [-0.15, -0.1) is 0 Å². The van der Waals surface area contributed by atoms with Gasteiger partial charge >= 0.3 is 0 Å². The van der Waals surface area contributed by atoms with E-state index in [0.29, 0.717) is 23.6 Å². The second kappa shape index (κ2) is 10.6. The summed E-state index contributed by atoms with van der Waals surface area (Å²) in [5.41, 5.74) is 1.13. The monoisotopic (exact) mass is 475 g/mol. The third-order valence-electron chi connectivity index (χ3n) is 5.45. The predicted molar refractivity (Wildman–Crippen MR) is 125 cm³/mol. The number of anilines is 1. The van der Waals surface area contributed by atoms with Gasteiger partial charge in [0.05, 0.1) is 11.4 Å². The van der Waals surface area contributed by atoms with Crippen molar-refractivity contribution in [1.82, 2.24) is 10.2 Å². The molecule has 0 bridgehead atoms. The third-order valence-corrected chi connectivity index (χ3v) is 7.19. The number of benzene rings is 2. The zero-order valence-corrected chi connectivity index (χ0v) is 19.8. The van der Waals surface area contributed by atoms with Crippen LogP contribution >= 0.6 is 0 Å². The number of ether oxygens (including phenoxy) is 2. The molecule has 0 spiro atoms. The highest BCUT2D eigenvalue weighted by Crippen LogP contribution is 2.36. The molecule has 1 atom stereocenters. The number of carbonyl (C=O) groups is 2. The maximum atomic E-state index is 13.5. The van der Waals surface area contributed by atoms with Crippen LogP contribution in [0.2, 0.25) is 0 Å². The number of hydrogen-bond acceptors (Lipinski definition) is 6. The molecule has 178 valence electrons. The van der Waals surface area contributed by atoms with Crippen molar-refractivity contribution in [2.45, 2.75) is 32.9 Å². The first-order valence-electron chi connectivity index (χ1n) is 10.8. The van der Waals surface area contributed by atoms with Crippen LogP contribution in [0.25, 0.3) is 0 Å². The number of nitrogens with one attached hydrogen (secondary N) is 1. The molecule has 0 aromatic heterocycles. The molecule has 1 aliphatic heterocycles. The van der Waals surface area contributed by atoms with E-state index in [4.69, 9.17) is 9.47 Å². The maximum Gasteiger partial charge on any atom is 0.244 e. The van der Waals surface area contributed by atoms with Crippen LogP contribution in [0.1, 0.15) is 25.8 Å². The van der Waals surface area contributed by atoms with Gasteiger partial charge in [0.1, 0.15) is 12.6 Å². The van der Waals surface area contributed by atoms with Crippen molar-refractivity contribution in [1.29, 1.82) is 0 Å². The second-order valence-electron chi connectivity index (χ2n) is 7.49. The van der Waals surface area contributed by atoms with Crippen LogP contribution in [0.3, 0.4) is 0 Å². The van der Waals surface area contributed by atoms with E-state index in [1.165, 1.54) is 18.9 Å². The van der Waals surface area contributed by atoms with E-state index in [0.717, 1.165) is 9.87 Å². The van der Waals surface area contributed by atoms with E-state index in [9.17, 15) is 18.0 Å². The Morgan fingerprint density at radius 2 is 1.76 bits per heavy atom. The van der Waals surface area contributed by atoms with Crippen molar-refractivity contribution >= 4 is 27.5 Å². The lowest BCUT2D eigenvalue weighted by molar-refractivity contribution is -0.140. The molecule has 2 aromatic rings. The summed E-state index contributed by atoms with van der Waals surface area (Å²) < 4.78 is 37.6. The van der Waals surface area contributed by atoms with Gasteiger partial charge in [0.2, 0.25) is 28.6 Å². The predicted octanol–water partition coefficient (Wildman–Crippen LogP) is 2.12. The van der Waals surface area contributed by atoms with Crippen LogP contribution in [-0.2, 0) is 26.2 Å². The largest absolute Gasteiger partial charge is 0.454 e. The van der Waals surface area contributed by atoms with Gasteiger partial charge in [-0.1, -0.05) is 37.3 Å². The first-order chi connectivity index (χ1) is 15.8. The number of amides is 2. The Bertz CT molecular complexity index is 1090. The van der Waals surface area contributed by atoms with Crippen molar-refractivity contribution in [3.8, 4) is 11.5 Å². The fourth-order valence-electron chi connectivity index (χ4n) is 3.63. The van der Waals surface area contributed by atoms with Gasteiger partial charge < -0.3 is 19.7 Å². The lowest BCUT2D eigenvalue weighted by atomic mass is 10.1. The molecule has 1 unspecified atom stereocenters. The molecule has 3 rings (SSSR count). The number of rotatable bonds is 10. The van der Waals surface area contributed by atoms with Gasteiger partial charge in [-0.2, -0.15) is 0 Å². The second-order valence-corrected chi connectivity index (χ2v) is 9.67. The lowest BCUT2D eigenvalue weighted by Gasteiger charge is -2.32. The molecule has 0 saturated carbocycles. The van der Waals surface area contributed by atoms with Gasteiger partial charge in [0.25, 0.3) is 0 Å². The van der Waals surface area contributed by atoms with Crippen LogP contribution in [0.15, 0.2) is 48.5 Å². The smallest absolute Gasteiger partial charge is 0.244 e. The minimum absolute atomic E-state index is 0.0490. The topological polar surface area (TPSA) is 105 Å². The van der Waals surface area contributed by atoms with Crippen LogP contribution in [0.5, 0.6) is 11.5 Å². The van der Waals surface area contributed by atoms with Gasteiger partial charge in [-0.25, -0.2) is 8.42 Å². The summed E-state index contributed by atoms with van der Waals surface area (Å²) in [5.74, 6) is -0.0664. The van der Waals surface area contributed by atoms with Crippen LogP contribution in [0.4, 0.5) is 5.69 Å². The normalized spacial score (nSPS) is 13.3. The number of fused-ring (bicyclic) bond motifs is 1. The third kappa shape index (κ3) is 5.57. The summed E-state index contributed by atoms with van der Waals surface area (Å²) in [5, 5.41) is 2.60. The first-order valence-corrected chi connectivity index (χ1v) is 12.4. The summed E-state index contributed by atoms with van der Waals surface area (Å²) in [4.78, 5) is 27.5. The highest BCUT2D eigenvalue weighted by Gasteiger charge is 2.32. The number of hydrogen-bond donors (Lipinski definition) is 1. The minimum atomic E-state index is -3.80. The lowest BCUT2D eigenvalue weighted by Crippen LogP contribution is -2.52. The van der Waals surface area contributed by atoms with Crippen molar-refractivity contribution in [2.24, 2.45) is 0 Å². The first kappa shape index (κ1) is 24.4. The molecule has 1 N–H and O–H groups in total. The molecule has 1 heterocycles. The number of sulfonamides is 1. The van der Waals surface area contributed by atoms with Crippen molar-refractivity contribution < 1.29 is 27.5 Å². The van der Waals surface area contributed by atoms with E-state index < -0.39 is 28.5 Å². The Morgan fingerprint density at radius 1 is 1.06 bits per heavy atom. The summed E-state index contributed by atoms with van der Waals surface area (Å²) in [6, 6.07) is 13.3. The van der Waals surface area contributed by atoms with Crippen LogP contribution in [-0.4, -0.2) is 57.3 Å². The Morgan fingerprint density at radius 3 is 2.39 bits per heavy atom. The summed E-state index contributed by atoms with van der Waals surface area (Å²) >= 11 is 0. The zero-order chi connectivity index (χ0) is 24.0.